The van der Waals surface area contributed by atoms with Gasteiger partial charge in [-0.1, -0.05) is 90.4 Å². The SMILES string of the molecule is CCCCCCCCCCCCCCCCO.O=P([O-])([O-])[O-].[Na+].[Zn+2]. The maximum Gasteiger partial charge on any atom is 2.00 e. The predicted molar refractivity (Wildman–Crippen MR) is 85.0 cm³/mol. The Morgan fingerprint density at radius 1 is 0.667 bits per heavy atom. The van der Waals surface area contributed by atoms with Gasteiger partial charge in [-0.05, 0) is 6.42 Å². The van der Waals surface area contributed by atoms with E-state index in [4.69, 9.17) is 24.4 Å². The molecule has 0 aromatic carbocycles. The third kappa shape index (κ3) is 49.5. The fraction of sp³-hybridized carbons (Fsp3) is 1.00. The summed E-state index contributed by atoms with van der Waals surface area (Å²) in [5, 5.41) is 8.64. The average molecular weight is 426 g/mol. The zero-order valence-corrected chi connectivity index (χ0v) is 21.7. The van der Waals surface area contributed by atoms with Gasteiger partial charge in [0, 0.05) is 6.61 Å². The summed E-state index contributed by atoms with van der Waals surface area (Å²) in [6, 6.07) is 0. The summed E-state index contributed by atoms with van der Waals surface area (Å²) in [6.07, 6.45) is 19.2. The molecule has 0 aromatic rings. The van der Waals surface area contributed by atoms with Crippen molar-refractivity contribution in [1.82, 2.24) is 0 Å². The molecule has 8 heteroatoms. The Morgan fingerprint density at radius 2 is 0.875 bits per heavy atom. The smallest absolute Gasteiger partial charge is 0.822 e. The summed E-state index contributed by atoms with van der Waals surface area (Å²) >= 11 is 0. The van der Waals surface area contributed by atoms with Gasteiger partial charge >= 0.3 is 49.0 Å². The first-order chi connectivity index (χ1) is 10.4. The molecule has 136 valence electrons. The van der Waals surface area contributed by atoms with E-state index in [0.29, 0.717) is 6.61 Å². The first kappa shape index (κ1) is 33.3. The first-order valence-electron chi connectivity index (χ1n) is 8.75. The molecule has 0 unspecified atom stereocenters. The summed E-state index contributed by atoms with van der Waals surface area (Å²) in [5.74, 6) is 0. The predicted octanol–water partition coefficient (Wildman–Crippen LogP) is -0.363. The molecule has 5 nitrogen and oxygen atoms in total. The van der Waals surface area contributed by atoms with E-state index in [0.717, 1.165) is 6.42 Å². The molecular formula is C16H34NaO5PZn. The number of aliphatic hydroxyl groups is 1. The Kier molecular flexibility index (Phi) is 37.3. The second-order valence-corrected chi connectivity index (χ2v) is 6.66. The van der Waals surface area contributed by atoms with Crippen LogP contribution in [0.5, 0.6) is 0 Å². The van der Waals surface area contributed by atoms with E-state index in [-0.39, 0.29) is 49.0 Å². The Balaban J connectivity index is -0.000000250. The van der Waals surface area contributed by atoms with E-state index in [2.05, 4.69) is 6.92 Å². The van der Waals surface area contributed by atoms with E-state index < -0.39 is 7.82 Å². The van der Waals surface area contributed by atoms with Gasteiger partial charge in [-0.15, -0.1) is 0 Å². The van der Waals surface area contributed by atoms with Crippen LogP contribution in [0.3, 0.4) is 0 Å². The summed E-state index contributed by atoms with van der Waals surface area (Å²) in [4.78, 5) is 25.6. The molecule has 0 spiro atoms. The molecule has 0 aliphatic carbocycles. The fourth-order valence-electron chi connectivity index (χ4n) is 2.31. The van der Waals surface area contributed by atoms with Crippen molar-refractivity contribution in [2.75, 3.05) is 6.61 Å². The Labute approximate surface area is 183 Å². The third-order valence-corrected chi connectivity index (χ3v) is 3.51. The molecular weight excluding hydrogens is 392 g/mol. The Bertz CT molecular complexity index is 232. The van der Waals surface area contributed by atoms with Crippen LogP contribution in [0.25, 0.3) is 0 Å². The number of aliphatic hydroxyl groups excluding tert-OH is 1. The number of rotatable bonds is 14. The molecule has 0 heterocycles. The normalized spacial score (nSPS) is 10.2. The van der Waals surface area contributed by atoms with Gasteiger partial charge in [-0.3, -0.25) is 0 Å². The minimum atomic E-state index is -5.39. The van der Waals surface area contributed by atoms with Crippen LogP contribution in [0.4, 0.5) is 0 Å². The summed E-state index contributed by atoms with van der Waals surface area (Å²) < 4.78 is 8.55. The molecule has 0 rings (SSSR count). The molecule has 0 amide bonds. The molecule has 0 atom stereocenters. The van der Waals surface area contributed by atoms with E-state index in [1.54, 1.807) is 0 Å². The second-order valence-electron chi connectivity index (χ2n) is 5.77. The van der Waals surface area contributed by atoms with Gasteiger partial charge in [0.1, 0.15) is 0 Å². The van der Waals surface area contributed by atoms with Gasteiger partial charge in [-0.25, -0.2) is 0 Å². The minimum absolute atomic E-state index is 0. The summed E-state index contributed by atoms with van der Waals surface area (Å²) in [5.41, 5.74) is 0. The Morgan fingerprint density at radius 3 is 1.08 bits per heavy atom. The van der Waals surface area contributed by atoms with Crippen LogP contribution in [0.1, 0.15) is 96.8 Å². The number of hydrogen-bond acceptors (Lipinski definition) is 5. The van der Waals surface area contributed by atoms with Crippen LogP contribution < -0.4 is 44.2 Å². The van der Waals surface area contributed by atoms with Crippen LogP contribution in [0.15, 0.2) is 0 Å². The second kappa shape index (κ2) is 26.9. The third-order valence-electron chi connectivity index (χ3n) is 3.51. The van der Waals surface area contributed by atoms with Crippen LogP contribution in [0, 0.1) is 0 Å². The van der Waals surface area contributed by atoms with Gasteiger partial charge in [-0.2, -0.15) is 7.82 Å². The molecule has 0 saturated heterocycles. The maximum atomic E-state index is 8.64. The Hall–Kier alpha value is 1.69. The number of hydrogen-bond donors (Lipinski definition) is 1. The summed E-state index contributed by atoms with van der Waals surface area (Å²) in [6.45, 7) is 2.65. The monoisotopic (exact) mass is 424 g/mol. The number of phosphoric acid groups is 1. The molecule has 24 heavy (non-hydrogen) atoms. The van der Waals surface area contributed by atoms with E-state index >= 15 is 0 Å². The van der Waals surface area contributed by atoms with E-state index in [9.17, 15) is 0 Å². The molecule has 0 fully saturated rings. The van der Waals surface area contributed by atoms with Crippen LogP contribution >= 0.6 is 7.82 Å². The van der Waals surface area contributed by atoms with Crippen molar-refractivity contribution in [2.24, 2.45) is 0 Å². The topological polar surface area (TPSA) is 106 Å². The van der Waals surface area contributed by atoms with E-state index in [1.807, 2.05) is 0 Å². The molecule has 0 aromatic heterocycles. The van der Waals surface area contributed by atoms with Crippen LogP contribution in [-0.2, 0) is 24.0 Å². The molecule has 0 aliphatic rings. The van der Waals surface area contributed by atoms with Crippen molar-refractivity contribution in [3.8, 4) is 0 Å². The zero-order valence-electron chi connectivity index (χ0n) is 15.8. The standard InChI is InChI=1S/C16H34O.Na.H3O4P.Zn/c1-2-3-4-5-6-7-8-9-10-11-12-13-14-15-16-17;;1-5(2,3)4;/h17H,2-16H2,1H3;;(H3,1,2,3,4);/q;+1;;+2/p-3. The zero-order chi connectivity index (χ0) is 17.1. The van der Waals surface area contributed by atoms with Crippen LogP contribution in [-0.4, -0.2) is 11.7 Å². The van der Waals surface area contributed by atoms with Gasteiger partial charge in [0.25, 0.3) is 0 Å². The summed E-state index contributed by atoms with van der Waals surface area (Å²) in [7, 11) is -5.39. The van der Waals surface area contributed by atoms with Crippen molar-refractivity contribution in [3.63, 3.8) is 0 Å². The van der Waals surface area contributed by atoms with Crippen LogP contribution in [0.2, 0.25) is 0 Å². The molecule has 0 radical (unpaired) electrons. The van der Waals surface area contributed by atoms with Gasteiger partial charge in [0.15, 0.2) is 0 Å². The molecule has 0 saturated carbocycles. The van der Waals surface area contributed by atoms with Gasteiger partial charge in [0.05, 0.1) is 0 Å². The largest absolute Gasteiger partial charge is 2.00 e. The van der Waals surface area contributed by atoms with Crippen molar-refractivity contribution >= 4 is 7.82 Å². The van der Waals surface area contributed by atoms with Gasteiger partial charge in [0.2, 0.25) is 0 Å². The number of unbranched alkanes of at least 4 members (excludes halogenated alkanes) is 13. The van der Waals surface area contributed by atoms with Crippen molar-refractivity contribution < 1.29 is 73.4 Å². The van der Waals surface area contributed by atoms with Crippen molar-refractivity contribution in [1.29, 1.82) is 0 Å². The molecule has 0 aliphatic heterocycles. The van der Waals surface area contributed by atoms with Crippen molar-refractivity contribution in [2.45, 2.75) is 96.8 Å². The first-order valence-corrected chi connectivity index (χ1v) is 10.2. The molecule has 1 N–H and O–H groups in total. The van der Waals surface area contributed by atoms with Gasteiger partial charge < -0.3 is 24.4 Å². The average Bonchev–Trinajstić information content (AvgIpc) is 2.42. The van der Waals surface area contributed by atoms with Crippen molar-refractivity contribution in [3.05, 3.63) is 0 Å². The quantitative estimate of drug-likeness (QED) is 0.232. The minimum Gasteiger partial charge on any atom is -0.822 e. The molecule has 0 bridgehead atoms. The van der Waals surface area contributed by atoms with E-state index in [1.165, 1.54) is 83.5 Å². The maximum absolute atomic E-state index is 8.64. The fourth-order valence-corrected chi connectivity index (χ4v) is 2.31.